The maximum Gasteiger partial charge on any atom is 0.332 e. The summed E-state index contributed by atoms with van der Waals surface area (Å²) in [5.74, 6) is 2.02. The number of pyridine rings is 1. The summed E-state index contributed by atoms with van der Waals surface area (Å²) in [7, 11) is 6.14. The fourth-order valence-electron chi connectivity index (χ4n) is 3.27. The van der Waals surface area contributed by atoms with Crippen LogP contribution >= 0.6 is 11.8 Å². The van der Waals surface area contributed by atoms with E-state index in [2.05, 4.69) is 9.97 Å². The number of hydrogen-bond donors (Lipinski definition) is 0. The Hall–Kier alpha value is -3.66. The van der Waals surface area contributed by atoms with Crippen LogP contribution in [-0.4, -0.2) is 38.3 Å². The van der Waals surface area contributed by atoms with Crippen LogP contribution in [0.2, 0.25) is 0 Å². The zero-order valence-electron chi connectivity index (χ0n) is 18.0. The second-order valence-corrected chi connectivity index (χ2v) is 7.94. The molecule has 1 aromatic carbocycles. The lowest BCUT2D eigenvalue weighted by Gasteiger charge is -2.13. The van der Waals surface area contributed by atoms with Crippen LogP contribution in [-0.2, 0) is 19.8 Å². The van der Waals surface area contributed by atoms with Gasteiger partial charge in [-0.1, -0.05) is 6.07 Å². The van der Waals surface area contributed by atoms with E-state index < -0.39 is 11.2 Å². The van der Waals surface area contributed by atoms with Gasteiger partial charge in [0.15, 0.2) is 23.0 Å². The van der Waals surface area contributed by atoms with Gasteiger partial charge in [-0.3, -0.25) is 18.9 Å². The summed E-state index contributed by atoms with van der Waals surface area (Å²) >= 11 is 1.39. The Bertz CT molecular complexity index is 1420. The highest BCUT2D eigenvalue weighted by Gasteiger charge is 2.19. The van der Waals surface area contributed by atoms with Crippen LogP contribution in [0.1, 0.15) is 5.56 Å². The number of rotatable bonds is 6. The number of fused-ring (bicyclic) bond motifs is 1. The van der Waals surface area contributed by atoms with Gasteiger partial charge in [0.2, 0.25) is 0 Å². The number of aryl methyl sites for hydroxylation is 1. The van der Waals surface area contributed by atoms with Crippen molar-refractivity contribution in [1.29, 1.82) is 0 Å². The van der Waals surface area contributed by atoms with E-state index in [1.165, 1.54) is 23.4 Å². The molecule has 0 unspecified atom stereocenters. The van der Waals surface area contributed by atoms with Gasteiger partial charge in [0, 0.05) is 37.8 Å². The van der Waals surface area contributed by atoms with Crippen molar-refractivity contribution < 1.29 is 9.47 Å². The van der Waals surface area contributed by atoms with Crippen molar-refractivity contribution in [3.8, 4) is 22.9 Å². The molecule has 0 aliphatic rings. The minimum Gasteiger partial charge on any atom is -0.493 e. The molecule has 32 heavy (non-hydrogen) atoms. The van der Waals surface area contributed by atoms with E-state index in [1.807, 2.05) is 12.1 Å². The highest BCUT2D eigenvalue weighted by atomic mass is 32.2. The average molecular weight is 452 g/mol. The summed E-state index contributed by atoms with van der Waals surface area (Å²) in [6.07, 6.45) is 3.47. The van der Waals surface area contributed by atoms with Gasteiger partial charge in [0.1, 0.15) is 10.4 Å². The molecule has 4 rings (SSSR count). The molecule has 4 aromatic rings. The Morgan fingerprint density at radius 2 is 1.78 bits per heavy atom. The molecule has 0 saturated carbocycles. The maximum atomic E-state index is 13.0. The lowest BCUT2D eigenvalue weighted by Crippen LogP contribution is -2.37. The van der Waals surface area contributed by atoms with Gasteiger partial charge in [-0.15, -0.1) is 11.8 Å². The molecule has 0 aliphatic heterocycles. The summed E-state index contributed by atoms with van der Waals surface area (Å²) < 4.78 is 13.1. The zero-order chi connectivity index (χ0) is 22.8. The number of hydrogen-bond acceptors (Lipinski definition) is 8. The first-order valence-electron chi connectivity index (χ1n) is 9.66. The predicted octanol–water partition coefficient (Wildman–Crippen LogP) is 2.40. The highest BCUT2D eigenvalue weighted by Crippen LogP contribution is 2.33. The van der Waals surface area contributed by atoms with Crippen LogP contribution in [0.15, 0.2) is 57.3 Å². The van der Waals surface area contributed by atoms with Gasteiger partial charge in [0.25, 0.3) is 5.56 Å². The largest absolute Gasteiger partial charge is 0.493 e. The van der Waals surface area contributed by atoms with Crippen molar-refractivity contribution in [1.82, 2.24) is 24.1 Å². The quantitative estimate of drug-likeness (QED) is 0.325. The van der Waals surface area contributed by atoms with Crippen molar-refractivity contribution in [3.63, 3.8) is 0 Å². The van der Waals surface area contributed by atoms with Crippen LogP contribution in [0, 0.1) is 0 Å². The van der Waals surface area contributed by atoms with Crippen molar-refractivity contribution >= 4 is 22.8 Å². The number of benzene rings is 1. The minimum atomic E-state index is -0.456. The second-order valence-electron chi connectivity index (χ2n) is 6.98. The molecule has 0 amide bonds. The number of ether oxygens (including phenoxy) is 2. The summed E-state index contributed by atoms with van der Waals surface area (Å²) in [6, 6.07) is 9.12. The third-order valence-electron chi connectivity index (χ3n) is 5.01. The molecule has 0 saturated heterocycles. The lowest BCUT2D eigenvalue weighted by molar-refractivity contribution is 0.355. The molecule has 3 aromatic heterocycles. The van der Waals surface area contributed by atoms with Crippen LogP contribution in [0.5, 0.6) is 11.5 Å². The molecule has 0 bridgehead atoms. The normalized spacial score (nSPS) is 11.0. The van der Waals surface area contributed by atoms with E-state index in [4.69, 9.17) is 14.5 Å². The summed E-state index contributed by atoms with van der Waals surface area (Å²) in [5.41, 5.74) is 1.03. The predicted molar refractivity (Wildman–Crippen MR) is 122 cm³/mol. The highest BCUT2D eigenvalue weighted by molar-refractivity contribution is 7.98. The first-order valence-corrected chi connectivity index (χ1v) is 10.6. The standard InChI is InChI=1S/C22H21N5O4S/c1-26-19-17(21(28)27(2)22(26)29)20(32-12-13-6-5-9-23-11-13)25-18(24-19)14-7-8-15(30-3)16(10-14)31-4/h5-11H,12H2,1-4H3. The van der Waals surface area contributed by atoms with Gasteiger partial charge in [-0.05, 0) is 29.8 Å². The minimum absolute atomic E-state index is 0.270. The summed E-state index contributed by atoms with van der Waals surface area (Å²) in [4.78, 5) is 38.9. The SMILES string of the molecule is COc1ccc(-c2nc(SCc3cccnc3)c3c(=O)n(C)c(=O)n(C)c3n2)cc1OC. The van der Waals surface area contributed by atoms with Gasteiger partial charge in [-0.25, -0.2) is 14.8 Å². The zero-order valence-corrected chi connectivity index (χ0v) is 18.8. The summed E-state index contributed by atoms with van der Waals surface area (Å²) in [6.45, 7) is 0. The first kappa shape index (κ1) is 21.6. The fourth-order valence-corrected chi connectivity index (χ4v) is 4.22. The van der Waals surface area contributed by atoms with Crippen molar-refractivity contribution in [2.24, 2.45) is 14.1 Å². The van der Waals surface area contributed by atoms with Crippen LogP contribution in [0.25, 0.3) is 22.4 Å². The molecule has 9 nitrogen and oxygen atoms in total. The monoisotopic (exact) mass is 451 g/mol. The molecular weight excluding hydrogens is 430 g/mol. The van der Waals surface area contributed by atoms with Gasteiger partial charge in [0.05, 0.1) is 14.2 Å². The molecule has 164 valence electrons. The Kier molecular flexibility index (Phi) is 5.95. The van der Waals surface area contributed by atoms with E-state index in [0.29, 0.717) is 39.1 Å². The van der Waals surface area contributed by atoms with Crippen LogP contribution in [0.3, 0.4) is 0 Å². The van der Waals surface area contributed by atoms with E-state index >= 15 is 0 Å². The third-order valence-corrected chi connectivity index (χ3v) is 6.05. The molecular formula is C22H21N5O4S. The Balaban J connectivity index is 1.93. The Morgan fingerprint density at radius 3 is 2.47 bits per heavy atom. The second kappa shape index (κ2) is 8.83. The first-order chi connectivity index (χ1) is 15.4. The molecule has 0 aliphatic carbocycles. The maximum absolute atomic E-state index is 13.0. The van der Waals surface area contributed by atoms with E-state index in [-0.39, 0.29) is 5.65 Å². The van der Waals surface area contributed by atoms with E-state index in [1.54, 1.807) is 51.9 Å². The number of thioether (sulfide) groups is 1. The van der Waals surface area contributed by atoms with Crippen molar-refractivity contribution in [2.45, 2.75) is 10.8 Å². The van der Waals surface area contributed by atoms with Crippen LogP contribution in [0.4, 0.5) is 0 Å². The van der Waals surface area contributed by atoms with Gasteiger partial charge in [-0.2, -0.15) is 0 Å². The third kappa shape index (κ3) is 3.84. The molecule has 0 fully saturated rings. The van der Waals surface area contributed by atoms with Gasteiger partial charge >= 0.3 is 5.69 Å². The van der Waals surface area contributed by atoms with E-state index in [9.17, 15) is 9.59 Å². The number of aromatic nitrogens is 5. The van der Waals surface area contributed by atoms with Crippen LogP contribution < -0.4 is 20.7 Å². The fraction of sp³-hybridized carbons (Fsp3) is 0.227. The Labute approximate surface area is 187 Å². The number of nitrogens with zero attached hydrogens (tertiary/aromatic N) is 5. The number of methoxy groups -OCH3 is 2. The molecule has 0 N–H and O–H groups in total. The molecule has 0 radical (unpaired) electrons. The van der Waals surface area contributed by atoms with E-state index in [0.717, 1.165) is 10.1 Å². The van der Waals surface area contributed by atoms with Crippen molar-refractivity contribution in [3.05, 3.63) is 69.1 Å². The topological polar surface area (TPSA) is 101 Å². The Morgan fingerprint density at radius 1 is 1.00 bits per heavy atom. The van der Waals surface area contributed by atoms with Crippen molar-refractivity contribution in [2.75, 3.05) is 14.2 Å². The molecule has 3 heterocycles. The molecule has 0 spiro atoms. The summed E-state index contributed by atoms with van der Waals surface area (Å²) in [5, 5.41) is 0.785. The molecule has 0 atom stereocenters. The lowest BCUT2D eigenvalue weighted by atomic mass is 10.2. The average Bonchev–Trinajstić information content (AvgIpc) is 2.84. The smallest absolute Gasteiger partial charge is 0.332 e. The molecule has 10 heteroatoms. The van der Waals surface area contributed by atoms with Gasteiger partial charge < -0.3 is 9.47 Å².